The van der Waals surface area contributed by atoms with Gasteiger partial charge in [-0.15, -0.1) is 0 Å². The van der Waals surface area contributed by atoms with Crippen LogP contribution in [0.4, 0.5) is 0 Å². The maximum absolute atomic E-state index is 10.8. The van der Waals surface area contributed by atoms with Crippen LogP contribution in [0.25, 0.3) is 6.08 Å². The summed E-state index contributed by atoms with van der Waals surface area (Å²) in [5.41, 5.74) is 5.57. The zero-order chi connectivity index (χ0) is 19.8. The zero-order valence-electron chi connectivity index (χ0n) is 16.8. The summed E-state index contributed by atoms with van der Waals surface area (Å²) in [7, 11) is 0. The fraction of sp³-hybridized carbons (Fsp3) is 0.375. The van der Waals surface area contributed by atoms with E-state index in [1.807, 2.05) is 18.2 Å². The molecule has 3 rings (SSSR count). The van der Waals surface area contributed by atoms with Crippen LogP contribution in [0.1, 0.15) is 62.8 Å². The first-order valence-corrected chi connectivity index (χ1v) is 10.2. The van der Waals surface area contributed by atoms with Crippen LogP contribution >= 0.6 is 11.8 Å². The van der Waals surface area contributed by atoms with Gasteiger partial charge in [-0.1, -0.05) is 57.7 Å². The normalized spacial score (nSPS) is 17.7. The van der Waals surface area contributed by atoms with Crippen molar-refractivity contribution in [1.82, 2.24) is 0 Å². The molecule has 0 atom stereocenters. The largest absolute Gasteiger partial charge is 0.478 e. The van der Waals surface area contributed by atoms with E-state index in [1.165, 1.54) is 40.5 Å². The van der Waals surface area contributed by atoms with Crippen molar-refractivity contribution in [3.8, 4) is 0 Å². The Morgan fingerprint density at radius 2 is 1.67 bits per heavy atom. The van der Waals surface area contributed by atoms with E-state index in [1.54, 1.807) is 17.8 Å². The quantitative estimate of drug-likeness (QED) is 0.608. The highest BCUT2D eigenvalue weighted by Gasteiger charge is 2.37. The van der Waals surface area contributed by atoms with Gasteiger partial charge in [-0.05, 0) is 77.1 Å². The lowest BCUT2D eigenvalue weighted by Gasteiger charge is -2.42. The number of rotatable bonds is 4. The van der Waals surface area contributed by atoms with Gasteiger partial charge in [-0.3, -0.25) is 0 Å². The second-order valence-electron chi connectivity index (χ2n) is 8.78. The Balaban J connectivity index is 1.97. The van der Waals surface area contributed by atoms with Crippen LogP contribution in [0, 0.1) is 6.92 Å². The minimum Gasteiger partial charge on any atom is -0.478 e. The number of benzene rings is 2. The number of hydrogen-bond acceptors (Lipinski definition) is 2. The molecule has 0 bridgehead atoms. The van der Waals surface area contributed by atoms with E-state index >= 15 is 0 Å². The molecule has 0 amide bonds. The molecule has 1 aliphatic carbocycles. The van der Waals surface area contributed by atoms with Crippen molar-refractivity contribution in [3.63, 3.8) is 0 Å². The number of aryl methyl sites for hydroxylation is 1. The monoisotopic (exact) mass is 380 g/mol. The minimum absolute atomic E-state index is 0.194. The Morgan fingerprint density at radius 3 is 2.30 bits per heavy atom. The van der Waals surface area contributed by atoms with E-state index in [-0.39, 0.29) is 10.8 Å². The van der Waals surface area contributed by atoms with Crippen LogP contribution in [0.2, 0.25) is 0 Å². The first-order chi connectivity index (χ1) is 12.6. The lowest BCUT2D eigenvalue weighted by Crippen LogP contribution is -2.34. The van der Waals surface area contributed by atoms with Gasteiger partial charge in [0.1, 0.15) is 0 Å². The van der Waals surface area contributed by atoms with Gasteiger partial charge in [0.2, 0.25) is 0 Å². The van der Waals surface area contributed by atoms with E-state index < -0.39 is 5.97 Å². The summed E-state index contributed by atoms with van der Waals surface area (Å²) >= 11 is 1.76. The number of hydrogen-bond donors (Lipinski definition) is 1. The lowest BCUT2D eigenvalue weighted by atomic mass is 9.63. The average Bonchev–Trinajstić information content (AvgIpc) is 2.59. The molecule has 0 saturated heterocycles. The number of aliphatic carboxylic acids is 1. The molecule has 142 valence electrons. The second kappa shape index (κ2) is 7.20. The van der Waals surface area contributed by atoms with Crippen LogP contribution in [-0.4, -0.2) is 11.1 Å². The van der Waals surface area contributed by atoms with Gasteiger partial charge in [0.05, 0.1) is 0 Å². The lowest BCUT2D eigenvalue weighted by molar-refractivity contribution is -0.131. The van der Waals surface area contributed by atoms with E-state index in [9.17, 15) is 4.79 Å². The summed E-state index contributed by atoms with van der Waals surface area (Å²) in [5, 5.41) is 8.83. The SMILES string of the molecule is Cc1cc2c(cc1Sc1cccc(C=CC(=O)O)c1)C(C)(C)CCC2(C)C. The molecule has 0 radical (unpaired) electrons. The molecule has 0 spiro atoms. The molecule has 2 nitrogen and oxygen atoms in total. The highest BCUT2D eigenvalue weighted by atomic mass is 32.2. The van der Waals surface area contributed by atoms with Crippen molar-refractivity contribution in [2.24, 2.45) is 0 Å². The molecule has 3 heteroatoms. The molecule has 1 aliphatic rings. The van der Waals surface area contributed by atoms with Gasteiger partial charge in [-0.2, -0.15) is 0 Å². The van der Waals surface area contributed by atoms with Gasteiger partial charge in [0, 0.05) is 15.9 Å². The molecule has 0 fully saturated rings. The van der Waals surface area contributed by atoms with E-state index in [0.717, 1.165) is 10.5 Å². The van der Waals surface area contributed by atoms with Gasteiger partial charge < -0.3 is 5.11 Å². The van der Waals surface area contributed by atoms with Crippen LogP contribution in [0.15, 0.2) is 52.3 Å². The number of carboxylic acids is 1. The molecule has 0 saturated carbocycles. The van der Waals surface area contributed by atoms with Crippen LogP contribution in [-0.2, 0) is 15.6 Å². The maximum Gasteiger partial charge on any atom is 0.328 e. The Hall–Kier alpha value is -2.00. The summed E-state index contributed by atoms with van der Waals surface area (Å²) in [6, 6.07) is 12.8. The van der Waals surface area contributed by atoms with Crippen LogP contribution in [0.3, 0.4) is 0 Å². The second-order valence-corrected chi connectivity index (χ2v) is 9.89. The van der Waals surface area contributed by atoms with Crippen molar-refractivity contribution in [2.75, 3.05) is 0 Å². The zero-order valence-corrected chi connectivity index (χ0v) is 17.6. The van der Waals surface area contributed by atoms with Crippen molar-refractivity contribution in [1.29, 1.82) is 0 Å². The van der Waals surface area contributed by atoms with Gasteiger partial charge in [-0.25, -0.2) is 4.79 Å². The summed E-state index contributed by atoms with van der Waals surface area (Å²) in [6.07, 6.45) is 5.24. The third-order valence-corrected chi connectivity index (χ3v) is 6.80. The molecule has 2 aromatic rings. The van der Waals surface area contributed by atoms with E-state index in [4.69, 9.17) is 5.11 Å². The Kier molecular flexibility index (Phi) is 5.27. The molecule has 0 aliphatic heterocycles. The van der Waals surface area contributed by atoms with E-state index in [2.05, 4.69) is 52.8 Å². The maximum atomic E-state index is 10.8. The van der Waals surface area contributed by atoms with Crippen molar-refractivity contribution < 1.29 is 9.90 Å². The molecule has 1 N–H and O–H groups in total. The van der Waals surface area contributed by atoms with E-state index in [0.29, 0.717) is 0 Å². The molecule has 2 aromatic carbocycles. The molecular formula is C24H28O2S. The topological polar surface area (TPSA) is 37.3 Å². The summed E-state index contributed by atoms with van der Waals surface area (Å²) in [5.74, 6) is -0.927. The van der Waals surface area contributed by atoms with Crippen LogP contribution in [0.5, 0.6) is 0 Å². The van der Waals surface area contributed by atoms with Gasteiger partial charge >= 0.3 is 5.97 Å². The summed E-state index contributed by atoms with van der Waals surface area (Å²) in [4.78, 5) is 13.2. The summed E-state index contributed by atoms with van der Waals surface area (Å²) in [6.45, 7) is 11.6. The average molecular weight is 381 g/mol. The predicted octanol–water partition coefficient (Wildman–Crippen LogP) is 6.59. The molecule has 0 aromatic heterocycles. The highest BCUT2D eigenvalue weighted by molar-refractivity contribution is 7.99. The Bertz CT molecular complexity index is 907. The standard InChI is InChI=1S/C24H28O2S/c1-16-13-19-20(24(4,5)12-11-23(19,2)3)15-21(16)27-18-8-6-7-17(14-18)9-10-22(25)26/h6-10,13-15H,11-12H2,1-5H3,(H,25,26). The fourth-order valence-electron chi connectivity index (χ4n) is 3.79. The van der Waals surface area contributed by atoms with Gasteiger partial charge in [0.25, 0.3) is 0 Å². The fourth-order valence-corrected chi connectivity index (χ4v) is 4.78. The number of carboxylic acid groups (broad SMARTS) is 1. The first kappa shape index (κ1) is 19.8. The molecule has 0 unspecified atom stereocenters. The minimum atomic E-state index is -0.927. The molecule has 27 heavy (non-hydrogen) atoms. The number of fused-ring (bicyclic) bond motifs is 1. The molecule has 0 heterocycles. The van der Waals surface area contributed by atoms with Crippen molar-refractivity contribution in [3.05, 3.63) is 64.7 Å². The smallest absolute Gasteiger partial charge is 0.328 e. The number of carbonyl (C=O) groups is 1. The Labute approximate surface area is 166 Å². The summed E-state index contributed by atoms with van der Waals surface area (Å²) < 4.78 is 0. The van der Waals surface area contributed by atoms with Gasteiger partial charge in [0.15, 0.2) is 0 Å². The highest BCUT2D eigenvalue weighted by Crippen LogP contribution is 2.48. The third-order valence-electron chi connectivity index (χ3n) is 5.65. The first-order valence-electron chi connectivity index (χ1n) is 9.43. The third kappa shape index (κ3) is 4.30. The molecular weight excluding hydrogens is 352 g/mol. The predicted molar refractivity (Wildman–Crippen MR) is 114 cm³/mol. The van der Waals surface area contributed by atoms with Crippen LogP contribution < -0.4 is 0 Å². The van der Waals surface area contributed by atoms with Crippen molar-refractivity contribution >= 4 is 23.8 Å². The van der Waals surface area contributed by atoms with Crippen molar-refractivity contribution in [2.45, 2.75) is 68.1 Å². The Morgan fingerprint density at radius 1 is 1.04 bits per heavy atom.